The summed E-state index contributed by atoms with van der Waals surface area (Å²) in [6.07, 6.45) is 0. The molecule has 87 heavy (non-hydrogen) atoms. The number of rotatable bonds is 9. The van der Waals surface area contributed by atoms with E-state index < -0.39 is 33.6 Å². The minimum Gasteiger partial charge on any atom is -0.340 e. The molecule has 0 N–H and O–H groups in total. The molecule has 19 rings (SSSR count). The van der Waals surface area contributed by atoms with E-state index in [1.54, 1.807) is 0 Å². The predicted octanol–water partition coefficient (Wildman–Crippen LogP) is 18.5. The molecule has 6 aliphatic heterocycles. The van der Waals surface area contributed by atoms with Crippen LogP contribution in [0.5, 0.6) is 0 Å². The zero-order valence-electron chi connectivity index (χ0n) is 47.4. The van der Waals surface area contributed by atoms with E-state index in [0.717, 1.165) is 100 Å². The van der Waals surface area contributed by atoms with Crippen molar-refractivity contribution in [2.45, 2.75) is 33.6 Å². The third kappa shape index (κ3) is 6.10. The van der Waals surface area contributed by atoms with Gasteiger partial charge in [0, 0.05) is 16.7 Å². The molecule has 6 atom stereocenters. The van der Waals surface area contributed by atoms with Crippen molar-refractivity contribution in [3.05, 3.63) is 428 Å². The van der Waals surface area contributed by atoms with Crippen molar-refractivity contribution >= 4 is 0 Å². The molecule has 0 radical (unpaired) electrons. The number of hydrogen-bond acceptors (Lipinski definition) is 3. The zero-order chi connectivity index (χ0) is 57.2. The first-order chi connectivity index (χ1) is 43.0. The van der Waals surface area contributed by atoms with Gasteiger partial charge in [0.15, 0.2) is 0 Å². The molecule has 0 aromatic heterocycles. The molecule has 6 bridgehead atoms. The molecule has 0 saturated carbocycles. The monoisotopic (exact) mass is 1110 g/mol. The molecule has 0 aliphatic carbocycles. The average molecular weight is 1110 g/mol. The van der Waals surface area contributed by atoms with E-state index in [0.29, 0.717) is 0 Å². The summed E-state index contributed by atoms with van der Waals surface area (Å²) >= 11 is 0. The highest BCUT2D eigenvalue weighted by Crippen LogP contribution is 2.69. The van der Waals surface area contributed by atoms with E-state index in [4.69, 9.17) is 14.2 Å². The van der Waals surface area contributed by atoms with Crippen LogP contribution in [0.3, 0.4) is 0 Å². The second-order valence-corrected chi connectivity index (χ2v) is 24.3. The van der Waals surface area contributed by atoms with Gasteiger partial charge < -0.3 is 14.2 Å². The van der Waals surface area contributed by atoms with Gasteiger partial charge in [0.2, 0.25) is 0 Å². The molecule has 6 aliphatic rings. The fraction of sp³-hybridized carbons (Fsp3) is 0.0714. The van der Waals surface area contributed by atoms with Crippen LogP contribution in [-0.4, -0.2) is 0 Å². The van der Waals surface area contributed by atoms with E-state index >= 15 is 0 Å². The minimum atomic E-state index is -0.869. The standard InChI is InChI=1S/C84H54O3/c1-7-25-61(26-8-1)79-67-37-19-22-40-70(67)82(85-79,64-31-13-4-14-32-64)76-52-55(43-46-73(76)79)58-49-59(56-44-47-74-77(53-56)83(65-33-15-5-16-34-65)71-41-23-20-38-68(71)80(74,86-83)62-27-9-2-10-28-62)51-60(50-58)57-45-48-75-78(54-57)84(66-35-17-6-18-36-66)72-42-24-21-39-69(72)81(75,87-84)63-29-11-3-12-30-63/h1-54H. The summed E-state index contributed by atoms with van der Waals surface area (Å²) < 4.78 is 23.6. The SMILES string of the molecule is c1ccc(C23OC(c4ccccc4)(c4ccccc42)c2cc(-c4cc(-c5ccc6c(c5)C5(c7ccccc7)OC6(c6ccccc6)c6ccccc65)cc(-c5ccc6c(c5)C5(c7ccccc7)OC6(c6ccccc6)c6ccccc65)c4)ccc23)cc1. The lowest BCUT2D eigenvalue weighted by molar-refractivity contribution is -0.0259. The summed E-state index contributed by atoms with van der Waals surface area (Å²) in [5, 5.41) is 0. The van der Waals surface area contributed by atoms with Gasteiger partial charge in [-0.3, -0.25) is 0 Å². The summed E-state index contributed by atoms with van der Waals surface area (Å²) in [5.74, 6) is 0. The van der Waals surface area contributed by atoms with E-state index in [9.17, 15) is 0 Å². The maximum atomic E-state index is 7.87. The van der Waals surface area contributed by atoms with Gasteiger partial charge in [-0.2, -0.15) is 0 Å². The quantitative estimate of drug-likeness (QED) is 0.144. The summed E-state index contributed by atoms with van der Waals surface area (Å²) in [6, 6.07) is 120. The highest BCUT2D eigenvalue weighted by molar-refractivity contribution is 5.86. The molecule has 13 aromatic rings. The van der Waals surface area contributed by atoms with Crippen LogP contribution in [0.4, 0.5) is 0 Å². The van der Waals surface area contributed by atoms with Crippen LogP contribution in [0, 0.1) is 0 Å². The Hall–Kier alpha value is -10.3. The lowest BCUT2D eigenvalue weighted by Crippen LogP contribution is -2.27. The Labute approximate surface area is 506 Å². The first-order valence-electron chi connectivity index (χ1n) is 30.4. The number of ether oxygens (including phenoxy) is 3. The van der Waals surface area contributed by atoms with Crippen LogP contribution in [-0.2, 0) is 47.8 Å². The normalized spacial score (nSPS) is 24.0. The van der Waals surface area contributed by atoms with Gasteiger partial charge in [0.05, 0.1) is 0 Å². The molecular formula is C84H54O3. The Morgan fingerprint density at radius 1 is 0.138 bits per heavy atom. The lowest BCUT2D eigenvalue weighted by Gasteiger charge is -2.31. The van der Waals surface area contributed by atoms with Gasteiger partial charge >= 0.3 is 0 Å². The second-order valence-electron chi connectivity index (χ2n) is 24.3. The molecule has 0 amide bonds. The molecule has 6 unspecified atom stereocenters. The van der Waals surface area contributed by atoms with E-state index in [1.807, 2.05) is 0 Å². The third-order valence-electron chi connectivity index (χ3n) is 20.3. The second kappa shape index (κ2) is 17.7. The van der Waals surface area contributed by atoms with E-state index in [1.165, 1.54) is 33.4 Å². The van der Waals surface area contributed by atoms with Gasteiger partial charge in [0.1, 0.15) is 33.6 Å². The minimum absolute atomic E-state index is 0.818. The zero-order valence-corrected chi connectivity index (χ0v) is 47.4. The van der Waals surface area contributed by atoms with Gasteiger partial charge in [-0.1, -0.05) is 291 Å². The Kier molecular flexibility index (Phi) is 9.96. The van der Waals surface area contributed by atoms with Crippen molar-refractivity contribution in [2.75, 3.05) is 0 Å². The first kappa shape index (κ1) is 49.0. The van der Waals surface area contributed by atoms with Gasteiger partial charge in [-0.05, 0) is 153 Å². The number of hydrogen-bond donors (Lipinski definition) is 0. The molecule has 3 nitrogen and oxygen atoms in total. The van der Waals surface area contributed by atoms with Crippen molar-refractivity contribution < 1.29 is 14.2 Å². The highest BCUT2D eigenvalue weighted by Gasteiger charge is 2.67. The van der Waals surface area contributed by atoms with Gasteiger partial charge in [-0.15, -0.1) is 0 Å². The Morgan fingerprint density at radius 3 is 0.517 bits per heavy atom. The number of benzene rings is 13. The van der Waals surface area contributed by atoms with Crippen LogP contribution >= 0.6 is 0 Å². The Bertz CT molecular complexity index is 4460. The smallest absolute Gasteiger partial charge is 0.146 e. The topological polar surface area (TPSA) is 27.7 Å². The molecule has 3 heteroatoms. The van der Waals surface area contributed by atoms with Gasteiger partial charge in [-0.25, -0.2) is 0 Å². The summed E-state index contributed by atoms with van der Waals surface area (Å²) in [6.45, 7) is 0. The van der Waals surface area contributed by atoms with Crippen molar-refractivity contribution in [2.24, 2.45) is 0 Å². The third-order valence-corrected chi connectivity index (χ3v) is 20.3. The summed E-state index contributed by atoms with van der Waals surface area (Å²) in [4.78, 5) is 0. The Morgan fingerprint density at radius 2 is 0.310 bits per heavy atom. The molecule has 13 aromatic carbocycles. The summed E-state index contributed by atoms with van der Waals surface area (Å²) in [5.41, 5.74) is 22.2. The maximum absolute atomic E-state index is 7.87. The van der Waals surface area contributed by atoms with Crippen LogP contribution in [0.25, 0.3) is 33.4 Å². The Balaban J connectivity index is 0.863. The molecule has 0 saturated heterocycles. The molecule has 6 heterocycles. The lowest BCUT2D eigenvalue weighted by atomic mass is 9.67. The average Bonchev–Trinajstić information content (AvgIpc) is 1.52. The summed E-state index contributed by atoms with van der Waals surface area (Å²) in [7, 11) is 0. The van der Waals surface area contributed by atoms with Crippen molar-refractivity contribution in [1.29, 1.82) is 0 Å². The largest absolute Gasteiger partial charge is 0.340 e. The fourth-order valence-corrected chi connectivity index (χ4v) is 16.9. The fourth-order valence-electron chi connectivity index (χ4n) is 16.9. The molecular weight excluding hydrogens is 1060 g/mol. The van der Waals surface area contributed by atoms with Crippen molar-refractivity contribution in [3.63, 3.8) is 0 Å². The first-order valence-corrected chi connectivity index (χ1v) is 30.4. The molecule has 0 spiro atoms. The van der Waals surface area contributed by atoms with E-state index in [-0.39, 0.29) is 0 Å². The number of fused-ring (bicyclic) bond motifs is 24. The highest BCUT2D eigenvalue weighted by atomic mass is 16.5. The predicted molar refractivity (Wildman–Crippen MR) is 343 cm³/mol. The molecule has 408 valence electrons. The van der Waals surface area contributed by atoms with Crippen LogP contribution < -0.4 is 0 Å². The van der Waals surface area contributed by atoms with Crippen LogP contribution in [0.2, 0.25) is 0 Å². The van der Waals surface area contributed by atoms with Crippen LogP contribution in [0.15, 0.2) is 328 Å². The van der Waals surface area contributed by atoms with E-state index in [2.05, 4.69) is 328 Å². The van der Waals surface area contributed by atoms with Gasteiger partial charge in [0.25, 0.3) is 0 Å². The van der Waals surface area contributed by atoms with Crippen molar-refractivity contribution in [1.82, 2.24) is 0 Å². The van der Waals surface area contributed by atoms with Crippen LogP contribution in [0.1, 0.15) is 100 Å². The van der Waals surface area contributed by atoms with Crippen molar-refractivity contribution in [3.8, 4) is 33.4 Å². The molecule has 0 fully saturated rings. The maximum Gasteiger partial charge on any atom is 0.146 e.